The minimum absolute atomic E-state index is 0.00542. The normalized spacial score (nSPS) is 21.8. The number of benzene rings is 2. The van der Waals surface area contributed by atoms with Crippen molar-refractivity contribution in [2.45, 2.75) is 25.1 Å². The van der Waals surface area contributed by atoms with Gasteiger partial charge in [-0.25, -0.2) is 4.79 Å². The standard InChI is InChI=1S/C24H22N4O5/c1-14-10-16(18-4-2-3-5-19(18)25-14)11-33-17-8-6-15(7-9-17)21(29)26-20-12-32-13-24(20)22(30)27-23(31)28-24/h2-10,20H,11-13H2,1H3,(H,26,29)(H2,27,28,30,31)/t20-,24+/m1/s1. The Morgan fingerprint density at radius 3 is 2.76 bits per heavy atom. The molecular weight excluding hydrogens is 424 g/mol. The van der Waals surface area contributed by atoms with E-state index in [1.54, 1.807) is 24.3 Å². The second-order valence-corrected chi connectivity index (χ2v) is 8.17. The zero-order valence-corrected chi connectivity index (χ0v) is 17.9. The van der Waals surface area contributed by atoms with Crippen LogP contribution in [0.3, 0.4) is 0 Å². The molecule has 2 atom stereocenters. The summed E-state index contributed by atoms with van der Waals surface area (Å²) >= 11 is 0. The van der Waals surface area contributed by atoms with Crippen molar-refractivity contribution in [2.24, 2.45) is 0 Å². The molecular formula is C24H22N4O5. The molecule has 3 aromatic rings. The molecule has 2 saturated heterocycles. The van der Waals surface area contributed by atoms with Crippen LogP contribution in [-0.2, 0) is 16.1 Å². The molecule has 4 amide bonds. The van der Waals surface area contributed by atoms with Crippen molar-refractivity contribution < 1.29 is 23.9 Å². The largest absolute Gasteiger partial charge is 0.489 e. The molecule has 33 heavy (non-hydrogen) atoms. The number of aromatic nitrogens is 1. The van der Waals surface area contributed by atoms with Gasteiger partial charge in [-0.1, -0.05) is 18.2 Å². The lowest BCUT2D eigenvalue weighted by Gasteiger charge is -2.26. The fourth-order valence-corrected chi connectivity index (χ4v) is 4.22. The van der Waals surface area contributed by atoms with E-state index in [0.717, 1.165) is 22.2 Å². The third-order valence-electron chi connectivity index (χ3n) is 5.92. The lowest BCUT2D eigenvalue weighted by Crippen LogP contribution is -2.62. The Morgan fingerprint density at radius 1 is 1.21 bits per heavy atom. The third-order valence-corrected chi connectivity index (χ3v) is 5.92. The van der Waals surface area contributed by atoms with Crippen molar-refractivity contribution in [1.82, 2.24) is 20.9 Å². The van der Waals surface area contributed by atoms with Crippen molar-refractivity contribution in [3.8, 4) is 5.75 Å². The molecule has 1 aromatic heterocycles. The predicted molar refractivity (Wildman–Crippen MR) is 119 cm³/mol. The molecule has 9 nitrogen and oxygen atoms in total. The number of rotatable bonds is 5. The highest BCUT2D eigenvalue weighted by molar-refractivity contribution is 6.08. The second-order valence-electron chi connectivity index (χ2n) is 8.17. The number of hydrogen-bond acceptors (Lipinski definition) is 6. The number of carbonyl (C=O) groups excluding carboxylic acids is 3. The summed E-state index contributed by atoms with van der Waals surface area (Å²) in [6, 6.07) is 15.4. The van der Waals surface area contributed by atoms with Crippen LogP contribution in [0.25, 0.3) is 10.9 Å². The van der Waals surface area contributed by atoms with E-state index in [1.807, 2.05) is 37.3 Å². The quantitative estimate of drug-likeness (QED) is 0.515. The van der Waals surface area contributed by atoms with Crippen LogP contribution in [0.5, 0.6) is 5.75 Å². The zero-order chi connectivity index (χ0) is 23.0. The maximum absolute atomic E-state index is 12.7. The first-order valence-electron chi connectivity index (χ1n) is 10.5. The number of aryl methyl sites for hydroxylation is 1. The Labute approximate surface area is 189 Å². The summed E-state index contributed by atoms with van der Waals surface area (Å²) in [5.41, 5.74) is 1.99. The number of nitrogens with zero attached hydrogens (tertiary/aromatic N) is 1. The minimum atomic E-state index is -1.28. The van der Waals surface area contributed by atoms with Crippen molar-refractivity contribution in [3.05, 3.63) is 71.4 Å². The van der Waals surface area contributed by atoms with Crippen LogP contribution in [0.4, 0.5) is 4.79 Å². The number of carbonyl (C=O) groups is 3. The maximum atomic E-state index is 12.7. The zero-order valence-electron chi connectivity index (χ0n) is 17.9. The predicted octanol–water partition coefficient (Wildman–Crippen LogP) is 1.83. The fraction of sp³-hybridized carbons (Fsp3) is 0.250. The number of fused-ring (bicyclic) bond motifs is 1. The van der Waals surface area contributed by atoms with Crippen LogP contribution in [0.2, 0.25) is 0 Å². The highest BCUT2D eigenvalue weighted by atomic mass is 16.5. The van der Waals surface area contributed by atoms with E-state index in [9.17, 15) is 14.4 Å². The highest BCUT2D eigenvalue weighted by Gasteiger charge is 2.56. The first-order valence-corrected chi connectivity index (χ1v) is 10.5. The molecule has 2 aromatic carbocycles. The SMILES string of the molecule is Cc1cc(COc2ccc(C(=O)N[C@@H]3COC[C@]34NC(=O)NC4=O)cc2)c2ccccc2n1. The first-order chi connectivity index (χ1) is 15.9. The summed E-state index contributed by atoms with van der Waals surface area (Å²) in [6.07, 6.45) is 0. The van der Waals surface area contributed by atoms with Crippen LogP contribution in [0, 0.1) is 6.92 Å². The van der Waals surface area contributed by atoms with E-state index < -0.39 is 23.5 Å². The Bertz CT molecular complexity index is 1260. The molecule has 168 valence electrons. The summed E-state index contributed by atoms with van der Waals surface area (Å²) in [5.74, 6) is -0.257. The van der Waals surface area contributed by atoms with Gasteiger partial charge in [0, 0.05) is 22.2 Å². The third kappa shape index (κ3) is 3.87. The molecule has 2 fully saturated rings. The molecule has 0 bridgehead atoms. The van der Waals surface area contributed by atoms with E-state index in [4.69, 9.17) is 9.47 Å². The molecule has 3 heterocycles. The summed E-state index contributed by atoms with van der Waals surface area (Å²) in [4.78, 5) is 41.1. The van der Waals surface area contributed by atoms with Gasteiger partial charge >= 0.3 is 6.03 Å². The molecule has 3 N–H and O–H groups in total. The average molecular weight is 446 g/mol. The van der Waals surface area contributed by atoms with Gasteiger partial charge in [0.05, 0.1) is 24.8 Å². The number of hydrogen-bond donors (Lipinski definition) is 3. The van der Waals surface area contributed by atoms with E-state index >= 15 is 0 Å². The number of nitrogens with one attached hydrogen (secondary N) is 3. The Hall–Kier alpha value is -3.98. The molecule has 9 heteroatoms. The number of amides is 4. The summed E-state index contributed by atoms with van der Waals surface area (Å²) in [5, 5.41) is 8.61. The van der Waals surface area contributed by atoms with Crippen LogP contribution in [-0.4, -0.2) is 47.6 Å². The van der Waals surface area contributed by atoms with Gasteiger partial charge in [0.15, 0.2) is 5.54 Å². The van der Waals surface area contributed by atoms with E-state index in [0.29, 0.717) is 17.9 Å². The summed E-state index contributed by atoms with van der Waals surface area (Å²) < 4.78 is 11.3. The molecule has 2 aliphatic heterocycles. The van der Waals surface area contributed by atoms with E-state index in [-0.39, 0.29) is 19.1 Å². The van der Waals surface area contributed by atoms with Crippen LogP contribution < -0.4 is 20.7 Å². The number of imide groups is 1. The molecule has 0 aliphatic carbocycles. The highest BCUT2D eigenvalue weighted by Crippen LogP contribution is 2.24. The topological polar surface area (TPSA) is 119 Å². The monoisotopic (exact) mass is 446 g/mol. The lowest BCUT2D eigenvalue weighted by molar-refractivity contribution is -0.124. The second kappa shape index (κ2) is 8.18. The molecule has 5 rings (SSSR count). The summed E-state index contributed by atoms with van der Waals surface area (Å²) in [6.45, 7) is 2.45. The average Bonchev–Trinajstić information content (AvgIpc) is 3.33. The van der Waals surface area contributed by atoms with Crippen LogP contribution >= 0.6 is 0 Å². The van der Waals surface area contributed by atoms with Crippen LogP contribution in [0.1, 0.15) is 21.6 Å². The summed E-state index contributed by atoms with van der Waals surface area (Å²) in [7, 11) is 0. The van der Waals surface area contributed by atoms with Crippen molar-refractivity contribution in [3.63, 3.8) is 0 Å². The van der Waals surface area contributed by atoms with Crippen molar-refractivity contribution >= 4 is 28.7 Å². The first kappa shape index (κ1) is 20.9. The number of ether oxygens (including phenoxy) is 2. The number of para-hydroxylation sites is 1. The Kier molecular flexibility index (Phi) is 5.18. The van der Waals surface area contributed by atoms with Gasteiger partial charge in [-0.05, 0) is 43.3 Å². The number of pyridine rings is 1. The van der Waals surface area contributed by atoms with Crippen molar-refractivity contribution in [1.29, 1.82) is 0 Å². The molecule has 1 spiro atoms. The number of urea groups is 1. The fourth-order valence-electron chi connectivity index (χ4n) is 4.22. The van der Waals surface area contributed by atoms with Gasteiger partial charge < -0.3 is 20.1 Å². The molecule has 0 unspecified atom stereocenters. The van der Waals surface area contributed by atoms with Crippen LogP contribution in [0.15, 0.2) is 54.6 Å². The van der Waals surface area contributed by atoms with Gasteiger partial charge in [0.2, 0.25) is 0 Å². The maximum Gasteiger partial charge on any atom is 0.322 e. The lowest BCUT2D eigenvalue weighted by atomic mass is 9.93. The van der Waals surface area contributed by atoms with E-state index in [1.165, 1.54) is 0 Å². The molecule has 0 radical (unpaired) electrons. The van der Waals surface area contributed by atoms with Gasteiger partial charge in [-0.3, -0.25) is 19.9 Å². The van der Waals surface area contributed by atoms with Gasteiger partial charge in [-0.15, -0.1) is 0 Å². The Balaban J connectivity index is 1.25. The molecule has 0 saturated carbocycles. The van der Waals surface area contributed by atoms with E-state index in [2.05, 4.69) is 20.9 Å². The van der Waals surface area contributed by atoms with Crippen molar-refractivity contribution in [2.75, 3.05) is 13.2 Å². The smallest absolute Gasteiger partial charge is 0.322 e. The van der Waals surface area contributed by atoms with Gasteiger partial charge in [-0.2, -0.15) is 0 Å². The van der Waals surface area contributed by atoms with Gasteiger partial charge in [0.25, 0.3) is 11.8 Å². The molecule has 2 aliphatic rings. The minimum Gasteiger partial charge on any atom is -0.489 e. The van der Waals surface area contributed by atoms with Gasteiger partial charge in [0.1, 0.15) is 12.4 Å². The Morgan fingerprint density at radius 2 is 2.00 bits per heavy atom.